The first-order valence-electron chi connectivity index (χ1n) is 10.8. The maximum atomic E-state index is 13.4. The Hall–Kier alpha value is -3.31. The molecule has 0 radical (unpaired) electrons. The highest BCUT2D eigenvalue weighted by molar-refractivity contribution is 9.11. The third-order valence-corrected chi connectivity index (χ3v) is 8.31. The highest BCUT2D eigenvalue weighted by atomic mass is 79.9. The predicted molar refractivity (Wildman–Crippen MR) is 153 cm³/mol. The molecular weight excluding hydrogens is 604 g/mol. The lowest BCUT2D eigenvalue weighted by molar-refractivity contribution is 0.905. The van der Waals surface area contributed by atoms with E-state index in [2.05, 4.69) is 44.0 Å². The van der Waals surface area contributed by atoms with E-state index in [0.29, 0.717) is 14.8 Å². The lowest BCUT2D eigenvalue weighted by Gasteiger charge is -2.23. The number of hydrogen-bond acceptors (Lipinski definition) is 7. The number of rotatable bonds is 4. The molecule has 2 aromatic carbocycles. The van der Waals surface area contributed by atoms with Gasteiger partial charge in [0, 0.05) is 37.1 Å². The molecule has 0 saturated carbocycles. The number of thiazole rings is 1. The Kier molecular flexibility index (Phi) is 7.14. The minimum Gasteiger partial charge on any atom is -0.384 e. The quantitative estimate of drug-likeness (QED) is 0.476. The van der Waals surface area contributed by atoms with E-state index in [0.717, 1.165) is 31.4 Å². The van der Waals surface area contributed by atoms with Gasteiger partial charge in [-0.05, 0) is 73.3 Å². The minimum absolute atomic E-state index is 0.0503. The standard InChI is InChI=1S/C26H22Br2N6OS/c1-32(2)20-7-5-14(9-18(20)27)10-22-25(35)34-24(31)16(12-29)23(17(13-30)26(34)36-22)15-6-8-21(33(3)4)19(28)11-15/h5-11,23H,31H2,1-4H3/b22-10+/t23-/m0/s1. The largest absolute Gasteiger partial charge is 0.384 e. The van der Waals surface area contributed by atoms with Crippen LogP contribution in [-0.4, -0.2) is 32.8 Å². The summed E-state index contributed by atoms with van der Waals surface area (Å²) in [5.41, 5.74) is 10.1. The Morgan fingerprint density at radius 3 is 2.08 bits per heavy atom. The van der Waals surface area contributed by atoms with Gasteiger partial charge in [-0.15, -0.1) is 11.3 Å². The van der Waals surface area contributed by atoms with Crippen LogP contribution in [0.1, 0.15) is 17.0 Å². The predicted octanol–water partition coefficient (Wildman–Crippen LogP) is 3.52. The molecule has 0 unspecified atom stereocenters. The molecule has 0 fully saturated rings. The third kappa shape index (κ3) is 4.37. The van der Waals surface area contributed by atoms with Crippen LogP contribution in [0.25, 0.3) is 17.5 Å². The number of nitrogens with zero attached hydrogens (tertiary/aromatic N) is 5. The topological polar surface area (TPSA) is 102 Å². The third-order valence-electron chi connectivity index (χ3n) is 5.93. The number of hydrogen-bond donors (Lipinski definition) is 1. The normalized spacial score (nSPS) is 15.4. The van der Waals surface area contributed by atoms with Crippen LogP contribution in [0.2, 0.25) is 0 Å². The van der Waals surface area contributed by atoms with Gasteiger partial charge in [0.15, 0.2) is 0 Å². The Balaban J connectivity index is 1.97. The van der Waals surface area contributed by atoms with Crippen LogP contribution < -0.4 is 30.3 Å². The molecular formula is C26H22Br2N6OS. The molecule has 1 aromatic heterocycles. The zero-order valence-corrected chi connectivity index (χ0v) is 24.0. The molecule has 1 aliphatic rings. The van der Waals surface area contributed by atoms with E-state index in [1.165, 1.54) is 15.9 Å². The number of fused-ring (bicyclic) bond motifs is 1. The van der Waals surface area contributed by atoms with Crippen LogP contribution in [0.3, 0.4) is 0 Å². The first-order chi connectivity index (χ1) is 17.1. The van der Waals surface area contributed by atoms with Crippen LogP contribution >= 0.6 is 43.2 Å². The van der Waals surface area contributed by atoms with Gasteiger partial charge in [-0.1, -0.05) is 12.1 Å². The van der Waals surface area contributed by atoms with E-state index < -0.39 is 5.92 Å². The zero-order chi connectivity index (χ0) is 26.3. The summed E-state index contributed by atoms with van der Waals surface area (Å²) in [7, 11) is 7.77. The van der Waals surface area contributed by atoms with Gasteiger partial charge in [0.05, 0.1) is 45.1 Å². The summed E-state index contributed by atoms with van der Waals surface area (Å²) in [5, 5.41) is 20.2. The summed E-state index contributed by atoms with van der Waals surface area (Å²) in [6.07, 6.45) is 1.77. The summed E-state index contributed by atoms with van der Waals surface area (Å²) >= 11 is 8.37. The van der Waals surface area contributed by atoms with Crippen molar-refractivity contribution in [2.24, 2.45) is 5.73 Å². The van der Waals surface area contributed by atoms with Crippen LogP contribution in [0.4, 0.5) is 11.4 Å². The molecule has 7 nitrogen and oxygen atoms in total. The Morgan fingerprint density at radius 1 is 0.972 bits per heavy atom. The van der Waals surface area contributed by atoms with Crippen LogP contribution in [0.15, 0.2) is 55.7 Å². The Morgan fingerprint density at radius 2 is 1.56 bits per heavy atom. The molecule has 10 heteroatoms. The van der Waals surface area contributed by atoms with E-state index in [4.69, 9.17) is 5.73 Å². The Bertz CT molecular complexity index is 1680. The number of benzene rings is 2. The number of anilines is 2. The molecule has 2 N–H and O–H groups in total. The van der Waals surface area contributed by atoms with Crippen molar-refractivity contribution < 1.29 is 0 Å². The molecule has 1 aliphatic heterocycles. The molecule has 0 saturated heterocycles. The average molecular weight is 626 g/mol. The van der Waals surface area contributed by atoms with Gasteiger partial charge in [0.1, 0.15) is 10.5 Å². The van der Waals surface area contributed by atoms with E-state index in [1.54, 1.807) is 6.08 Å². The van der Waals surface area contributed by atoms with E-state index in [1.807, 2.05) is 74.4 Å². The zero-order valence-electron chi connectivity index (χ0n) is 20.0. The first-order valence-corrected chi connectivity index (χ1v) is 13.2. The van der Waals surface area contributed by atoms with E-state index in [9.17, 15) is 15.3 Å². The van der Waals surface area contributed by atoms with Crippen molar-refractivity contribution in [3.63, 3.8) is 0 Å². The van der Waals surface area contributed by atoms with Gasteiger partial charge in [-0.2, -0.15) is 10.5 Å². The van der Waals surface area contributed by atoms with Crippen molar-refractivity contribution in [3.05, 3.63) is 81.6 Å². The molecule has 4 rings (SSSR count). The number of allylic oxidation sites excluding steroid dienone is 1. The van der Waals surface area contributed by atoms with Crippen molar-refractivity contribution in [2.75, 3.05) is 38.0 Å². The second kappa shape index (κ2) is 9.98. The summed E-state index contributed by atoms with van der Waals surface area (Å²) < 4.78 is 3.87. The first kappa shape index (κ1) is 25.8. The summed E-state index contributed by atoms with van der Waals surface area (Å²) in [4.78, 5) is 17.3. The smallest absolute Gasteiger partial charge is 0.274 e. The van der Waals surface area contributed by atoms with Crippen LogP contribution in [0, 0.1) is 22.7 Å². The van der Waals surface area contributed by atoms with Gasteiger partial charge in [-0.25, -0.2) is 0 Å². The van der Waals surface area contributed by atoms with Crippen molar-refractivity contribution in [1.29, 1.82) is 10.5 Å². The average Bonchev–Trinajstić information content (AvgIpc) is 3.14. The number of nitrogens with two attached hydrogens (primary N) is 1. The van der Waals surface area contributed by atoms with Crippen LogP contribution in [-0.2, 0) is 0 Å². The maximum Gasteiger partial charge on any atom is 0.274 e. The van der Waals surface area contributed by atoms with E-state index in [-0.39, 0.29) is 17.0 Å². The SMILES string of the molecule is CN(C)c1ccc(/C=c2/sc3n(c2=O)C(N)=C(C#N)[C@H](c2ccc(N(C)C)c(Br)c2)C=3C#N)cc1Br. The number of nitriles is 2. The van der Waals surface area contributed by atoms with Crippen LogP contribution in [0.5, 0.6) is 0 Å². The summed E-state index contributed by atoms with van der Waals surface area (Å²) in [5.74, 6) is -0.624. The molecule has 36 heavy (non-hydrogen) atoms. The van der Waals surface area contributed by atoms with Gasteiger partial charge < -0.3 is 15.5 Å². The van der Waals surface area contributed by atoms with Gasteiger partial charge in [-0.3, -0.25) is 9.36 Å². The summed E-state index contributed by atoms with van der Waals surface area (Å²) in [6.45, 7) is 0. The van der Waals surface area contributed by atoms with Crippen molar-refractivity contribution >= 4 is 72.0 Å². The molecule has 0 spiro atoms. The Labute approximate surface area is 229 Å². The minimum atomic E-state index is -0.674. The molecule has 0 bridgehead atoms. The monoisotopic (exact) mass is 624 g/mol. The van der Waals surface area contributed by atoms with Crippen molar-refractivity contribution in [3.8, 4) is 12.1 Å². The number of halogens is 2. The lowest BCUT2D eigenvalue weighted by atomic mass is 9.84. The molecule has 1 atom stereocenters. The fourth-order valence-corrected chi connectivity index (χ4v) is 6.81. The summed E-state index contributed by atoms with van der Waals surface area (Å²) in [6, 6.07) is 15.9. The van der Waals surface area contributed by atoms with Gasteiger partial charge in [0.25, 0.3) is 5.56 Å². The number of aromatic nitrogens is 1. The molecule has 0 aliphatic carbocycles. The molecule has 3 aromatic rings. The molecule has 0 amide bonds. The second-order valence-corrected chi connectivity index (χ2v) is 11.4. The van der Waals surface area contributed by atoms with Gasteiger partial charge in [0.2, 0.25) is 0 Å². The lowest BCUT2D eigenvalue weighted by Crippen LogP contribution is -2.38. The second-order valence-electron chi connectivity index (χ2n) is 8.64. The van der Waals surface area contributed by atoms with Gasteiger partial charge >= 0.3 is 0 Å². The van der Waals surface area contributed by atoms with E-state index >= 15 is 0 Å². The maximum absolute atomic E-state index is 13.4. The molecule has 182 valence electrons. The highest BCUT2D eigenvalue weighted by Gasteiger charge is 2.32. The highest BCUT2D eigenvalue weighted by Crippen LogP contribution is 2.38. The van der Waals surface area contributed by atoms with Crippen molar-refractivity contribution in [1.82, 2.24) is 4.57 Å². The fraction of sp³-hybridized carbons (Fsp3) is 0.192. The van der Waals surface area contributed by atoms with Crippen molar-refractivity contribution in [2.45, 2.75) is 5.92 Å². The fourth-order valence-electron chi connectivity index (χ4n) is 4.18. The molecule has 2 heterocycles.